The lowest BCUT2D eigenvalue weighted by Gasteiger charge is -2.14. The molecule has 1 amide bonds. The number of likely N-dealkylation sites (N-methyl/N-ethyl adjacent to an activating group) is 1. The summed E-state index contributed by atoms with van der Waals surface area (Å²) in [7, 11) is 3.35. The van der Waals surface area contributed by atoms with Gasteiger partial charge in [-0.05, 0) is 41.5 Å². The molecule has 0 unspecified atom stereocenters. The summed E-state index contributed by atoms with van der Waals surface area (Å²) in [4.78, 5) is 26.0. The summed E-state index contributed by atoms with van der Waals surface area (Å²) in [6.45, 7) is 2.27. The van der Waals surface area contributed by atoms with Crippen molar-refractivity contribution in [2.45, 2.75) is 6.92 Å². The Labute approximate surface area is 176 Å². The molecule has 0 spiro atoms. The molecule has 0 aromatic heterocycles. The number of ether oxygens (including phenoxy) is 2. The predicted molar refractivity (Wildman–Crippen MR) is 119 cm³/mol. The number of carbonyl (C=O) groups excluding carboxylic acids is 2. The molecule has 0 aliphatic heterocycles. The highest BCUT2D eigenvalue weighted by Gasteiger charge is 2.11. The second kappa shape index (κ2) is 9.74. The molecule has 0 fully saturated rings. The number of hydrogen-bond donors (Lipinski definition) is 0. The first-order valence-corrected chi connectivity index (χ1v) is 9.79. The molecule has 0 radical (unpaired) electrons. The smallest absolute Gasteiger partial charge is 0.259 e. The van der Waals surface area contributed by atoms with Crippen LogP contribution in [0.2, 0.25) is 0 Å². The summed E-state index contributed by atoms with van der Waals surface area (Å²) in [5.41, 5.74) is 1.47. The Morgan fingerprint density at radius 2 is 1.70 bits per heavy atom. The second-order valence-electron chi connectivity index (χ2n) is 6.94. The van der Waals surface area contributed by atoms with Gasteiger partial charge >= 0.3 is 0 Å². The lowest BCUT2D eigenvalue weighted by Crippen LogP contribution is -2.27. The van der Waals surface area contributed by atoms with Gasteiger partial charge in [0.15, 0.2) is 23.9 Å². The van der Waals surface area contributed by atoms with Crippen molar-refractivity contribution in [3.05, 3.63) is 77.9 Å². The van der Waals surface area contributed by atoms with E-state index in [0.29, 0.717) is 23.7 Å². The van der Waals surface area contributed by atoms with Crippen molar-refractivity contribution in [1.29, 1.82) is 0 Å². The third kappa shape index (κ3) is 5.06. The minimum atomic E-state index is -0.137. The monoisotopic (exact) mass is 403 g/mol. The summed E-state index contributed by atoms with van der Waals surface area (Å²) >= 11 is 0. The number of amides is 1. The van der Waals surface area contributed by atoms with E-state index in [-0.39, 0.29) is 18.3 Å². The number of carbonyl (C=O) groups is 2. The van der Waals surface area contributed by atoms with Gasteiger partial charge in [0.2, 0.25) is 0 Å². The van der Waals surface area contributed by atoms with Crippen molar-refractivity contribution in [2.24, 2.45) is 0 Å². The average molecular weight is 403 g/mol. The van der Waals surface area contributed by atoms with E-state index < -0.39 is 0 Å². The maximum atomic E-state index is 12.8. The highest BCUT2D eigenvalue weighted by atomic mass is 16.5. The van der Waals surface area contributed by atoms with Gasteiger partial charge in [0, 0.05) is 19.7 Å². The van der Waals surface area contributed by atoms with Crippen LogP contribution in [0.4, 0.5) is 0 Å². The molecule has 0 bridgehead atoms. The van der Waals surface area contributed by atoms with Crippen LogP contribution >= 0.6 is 0 Å². The zero-order valence-electron chi connectivity index (χ0n) is 17.4. The van der Waals surface area contributed by atoms with E-state index in [1.54, 1.807) is 38.4 Å². The predicted octanol–water partition coefficient (Wildman–Crippen LogP) is 4.60. The van der Waals surface area contributed by atoms with Gasteiger partial charge in [0.1, 0.15) is 0 Å². The molecule has 5 heteroatoms. The Kier molecular flexibility index (Phi) is 6.86. The summed E-state index contributed by atoms with van der Waals surface area (Å²) in [5.74, 6) is 0.817. The van der Waals surface area contributed by atoms with Crippen molar-refractivity contribution in [3.63, 3.8) is 0 Å². The van der Waals surface area contributed by atoms with Gasteiger partial charge in [0.25, 0.3) is 5.91 Å². The molecule has 0 aliphatic rings. The van der Waals surface area contributed by atoms with Gasteiger partial charge in [-0.3, -0.25) is 9.59 Å². The van der Waals surface area contributed by atoms with Crippen molar-refractivity contribution in [2.75, 3.05) is 27.3 Å². The van der Waals surface area contributed by atoms with Crippen LogP contribution in [0.5, 0.6) is 11.5 Å². The zero-order chi connectivity index (χ0) is 21.5. The van der Waals surface area contributed by atoms with Gasteiger partial charge in [-0.1, -0.05) is 54.6 Å². The van der Waals surface area contributed by atoms with Gasteiger partial charge in [-0.15, -0.1) is 0 Å². The maximum absolute atomic E-state index is 12.8. The zero-order valence-corrected chi connectivity index (χ0v) is 17.4. The van der Waals surface area contributed by atoms with Crippen LogP contribution in [0.3, 0.4) is 0 Å². The Morgan fingerprint density at radius 1 is 0.933 bits per heavy atom. The first kappa shape index (κ1) is 21.1. The average Bonchev–Trinajstić information content (AvgIpc) is 2.76. The first-order valence-electron chi connectivity index (χ1n) is 9.79. The first-order chi connectivity index (χ1) is 14.5. The highest BCUT2D eigenvalue weighted by molar-refractivity contribution is 6.14. The van der Waals surface area contributed by atoms with E-state index in [1.807, 2.05) is 55.5 Å². The molecular formula is C25H25NO4. The van der Waals surface area contributed by atoms with Crippen LogP contribution in [0.15, 0.2) is 66.7 Å². The van der Waals surface area contributed by atoms with Gasteiger partial charge in [0.05, 0.1) is 6.61 Å². The minimum Gasteiger partial charge on any atom is -0.490 e. The molecule has 0 atom stereocenters. The van der Waals surface area contributed by atoms with Crippen LogP contribution in [0.1, 0.15) is 22.8 Å². The fourth-order valence-electron chi connectivity index (χ4n) is 2.99. The standard InChI is InChI=1S/C25H25NO4/c1-4-29-24-16-18(13-15-23(24)30-17-25(28)26(2)3)12-14-22(27)21-11-7-9-19-8-5-6-10-20(19)21/h5-16H,4,17H2,1-3H3/b14-12+. The molecule has 0 heterocycles. The number of nitrogens with zero attached hydrogens (tertiary/aromatic N) is 1. The number of benzene rings is 3. The van der Waals surface area contributed by atoms with Crippen LogP contribution in [-0.4, -0.2) is 43.9 Å². The number of ketones is 1. The summed E-state index contributed by atoms with van der Waals surface area (Å²) in [6, 6.07) is 18.9. The summed E-state index contributed by atoms with van der Waals surface area (Å²) < 4.78 is 11.3. The molecular weight excluding hydrogens is 378 g/mol. The molecule has 0 N–H and O–H groups in total. The van der Waals surface area contributed by atoms with Crippen LogP contribution in [-0.2, 0) is 4.79 Å². The molecule has 3 rings (SSSR count). The fraction of sp³-hybridized carbons (Fsp3) is 0.200. The molecule has 0 saturated carbocycles. The highest BCUT2D eigenvalue weighted by Crippen LogP contribution is 2.29. The Balaban J connectivity index is 1.80. The summed E-state index contributed by atoms with van der Waals surface area (Å²) in [6.07, 6.45) is 3.31. The van der Waals surface area contributed by atoms with Crippen molar-refractivity contribution in [1.82, 2.24) is 4.90 Å². The molecule has 0 saturated heterocycles. The van der Waals surface area contributed by atoms with E-state index in [1.165, 1.54) is 4.90 Å². The van der Waals surface area contributed by atoms with Crippen LogP contribution < -0.4 is 9.47 Å². The van der Waals surface area contributed by atoms with E-state index in [9.17, 15) is 9.59 Å². The topological polar surface area (TPSA) is 55.8 Å². The molecule has 0 aliphatic carbocycles. The van der Waals surface area contributed by atoms with Gasteiger partial charge in [-0.2, -0.15) is 0 Å². The molecule has 3 aromatic carbocycles. The van der Waals surface area contributed by atoms with Crippen molar-refractivity contribution < 1.29 is 19.1 Å². The Bertz CT molecular complexity index is 1080. The SMILES string of the molecule is CCOc1cc(/C=C/C(=O)c2cccc3ccccc23)ccc1OCC(=O)N(C)C. The van der Waals surface area contributed by atoms with Crippen molar-refractivity contribution >= 4 is 28.5 Å². The number of hydrogen-bond acceptors (Lipinski definition) is 4. The quantitative estimate of drug-likeness (QED) is 0.407. The van der Waals surface area contributed by atoms with E-state index in [4.69, 9.17) is 9.47 Å². The van der Waals surface area contributed by atoms with E-state index in [0.717, 1.165) is 16.3 Å². The molecule has 154 valence electrons. The van der Waals surface area contributed by atoms with Gasteiger partial charge < -0.3 is 14.4 Å². The largest absolute Gasteiger partial charge is 0.490 e. The van der Waals surface area contributed by atoms with Crippen LogP contribution in [0, 0.1) is 0 Å². The fourth-order valence-corrected chi connectivity index (χ4v) is 2.99. The summed E-state index contributed by atoms with van der Waals surface area (Å²) in [5, 5.41) is 1.96. The lowest BCUT2D eigenvalue weighted by molar-refractivity contribution is -0.130. The number of fused-ring (bicyclic) bond motifs is 1. The van der Waals surface area contributed by atoms with Gasteiger partial charge in [-0.25, -0.2) is 0 Å². The lowest BCUT2D eigenvalue weighted by atomic mass is 10.0. The van der Waals surface area contributed by atoms with Crippen LogP contribution in [0.25, 0.3) is 16.8 Å². The Hall–Kier alpha value is -3.60. The minimum absolute atomic E-state index is 0.0676. The van der Waals surface area contributed by atoms with E-state index >= 15 is 0 Å². The Morgan fingerprint density at radius 3 is 2.47 bits per heavy atom. The normalized spacial score (nSPS) is 10.9. The molecule has 5 nitrogen and oxygen atoms in total. The molecule has 3 aromatic rings. The number of rotatable bonds is 8. The van der Waals surface area contributed by atoms with Crippen molar-refractivity contribution in [3.8, 4) is 11.5 Å². The maximum Gasteiger partial charge on any atom is 0.259 e. The molecule has 30 heavy (non-hydrogen) atoms. The van der Waals surface area contributed by atoms with E-state index in [2.05, 4.69) is 0 Å². The third-order valence-electron chi connectivity index (χ3n) is 4.60. The second-order valence-corrected chi connectivity index (χ2v) is 6.94. The third-order valence-corrected chi connectivity index (χ3v) is 4.60. The number of allylic oxidation sites excluding steroid dienone is 1.